The number of nitrogens with one attached hydrogen (secondary N) is 3. The number of nitrogens with zero attached hydrogens (tertiary/aromatic N) is 1. The summed E-state index contributed by atoms with van der Waals surface area (Å²) in [7, 11) is 0. The van der Waals surface area contributed by atoms with E-state index in [0.717, 1.165) is 24.3 Å². The monoisotopic (exact) mass is 492 g/mol. The first-order valence-electron chi connectivity index (χ1n) is 9.65. The van der Waals surface area contributed by atoms with Crippen LogP contribution >= 0.6 is 0 Å². The quantitative estimate of drug-likeness (QED) is 0.363. The Morgan fingerprint density at radius 1 is 0.743 bits per heavy atom. The van der Waals surface area contributed by atoms with E-state index in [4.69, 9.17) is 5.26 Å². The number of halogens is 6. The van der Waals surface area contributed by atoms with Gasteiger partial charge in [0.25, 0.3) is 5.91 Å². The molecule has 0 aromatic heterocycles. The van der Waals surface area contributed by atoms with Crippen molar-refractivity contribution in [1.82, 2.24) is 0 Å². The second kappa shape index (κ2) is 9.76. The van der Waals surface area contributed by atoms with Crippen LogP contribution in [0.1, 0.15) is 27.0 Å². The van der Waals surface area contributed by atoms with Gasteiger partial charge in [0, 0.05) is 16.9 Å². The van der Waals surface area contributed by atoms with Crippen molar-refractivity contribution in [2.45, 2.75) is 12.4 Å². The van der Waals surface area contributed by atoms with Gasteiger partial charge < -0.3 is 16.0 Å². The molecule has 6 nitrogen and oxygen atoms in total. The zero-order chi connectivity index (χ0) is 25.8. The number of alkyl halides is 6. The van der Waals surface area contributed by atoms with Crippen LogP contribution < -0.4 is 16.0 Å². The molecule has 3 amide bonds. The lowest BCUT2D eigenvalue weighted by Crippen LogP contribution is -2.21. The number of amides is 3. The highest BCUT2D eigenvalue weighted by Crippen LogP contribution is 2.37. The van der Waals surface area contributed by atoms with Crippen molar-refractivity contribution in [3.63, 3.8) is 0 Å². The Morgan fingerprint density at radius 2 is 1.37 bits per heavy atom. The highest BCUT2D eigenvalue weighted by atomic mass is 19.4. The molecule has 0 saturated carbocycles. The van der Waals surface area contributed by atoms with Gasteiger partial charge in [-0.25, -0.2) is 4.79 Å². The van der Waals surface area contributed by atoms with Gasteiger partial charge in [-0.1, -0.05) is 6.07 Å². The average Bonchev–Trinajstić information content (AvgIpc) is 2.79. The molecule has 0 spiro atoms. The standard InChI is InChI=1S/C23H14F6N4O2/c24-22(25,26)15-2-1-3-16(10-15)31-21(35)32-17-8-9-19(18(11-17)23(27,28)29)33-20(34)14-6-4-13(12-30)5-7-14/h1-11H,(H,33,34)(H2,31,32,35). The number of urea groups is 1. The number of anilines is 3. The molecule has 3 aromatic carbocycles. The summed E-state index contributed by atoms with van der Waals surface area (Å²) in [6.45, 7) is 0. The average molecular weight is 492 g/mol. The van der Waals surface area contributed by atoms with Crippen LogP contribution in [0.3, 0.4) is 0 Å². The molecular formula is C23H14F6N4O2. The molecule has 0 heterocycles. The number of nitriles is 1. The maximum Gasteiger partial charge on any atom is 0.418 e. The maximum absolute atomic E-state index is 13.6. The largest absolute Gasteiger partial charge is 0.418 e. The first-order valence-corrected chi connectivity index (χ1v) is 9.65. The third-order valence-electron chi connectivity index (χ3n) is 4.55. The summed E-state index contributed by atoms with van der Waals surface area (Å²) >= 11 is 0. The Kier molecular flexibility index (Phi) is 7.00. The third-order valence-corrected chi connectivity index (χ3v) is 4.55. The van der Waals surface area contributed by atoms with Gasteiger partial charge in [0.2, 0.25) is 0 Å². The fraction of sp³-hybridized carbons (Fsp3) is 0.0870. The fourth-order valence-corrected chi connectivity index (χ4v) is 2.92. The lowest BCUT2D eigenvalue weighted by molar-refractivity contribution is -0.138. The second-order valence-electron chi connectivity index (χ2n) is 7.06. The maximum atomic E-state index is 13.6. The lowest BCUT2D eigenvalue weighted by atomic mass is 10.1. The molecule has 180 valence electrons. The Balaban J connectivity index is 1.77. The number of rotatable bonds is 4. The molecule has 12 heteroatoms. The van der Waals surface area contributed by atoms with Gasteiger partial charge in [-0.3, -0.25) is 4.79 Å². The van der Waals surface area contributed by atoms with E-state index in [1.165, 1.54) is 30.3 Å². The van der Waals surface area contributed by atoms with E-state index in [-0.39, 0.29) is 22.5 Å². The number of benzene rings is 3. The molecule has 0 aliphatic heterocycles. The van der Waals surface area contributed by atoms with Crippen molar-refractivity contribution in [2.75, 3.05) is 16.0 Å². The lowest BCUT2D eigenvalue weighted by Gasteiger charge is -2.16. The van der Waals surface area contributed by atoms with Gasteiger partial charge in [-0.05, 0) is 60.7 Å². The van der Waals surface area contributed by atoms with Gasteiger partial charge in [0.1, 0.15) is 0 Å². The molecule has 35 heavy (non-hydrogen) atoms. The van der Waals surface area contributed by atoms with Crippen LogP contribution in [0, 0.1) is 11.3 Å². The van der Waals surface area contributed by atoms with Crippen LogP contribution in [0.2, 0.25) is 0 Å². The number of carbonyl (C=O) groups is 2. The molecule has 3 aromatic rings. The van der Waals surface area contributed by atoms with Crippen molar-refractivity contribution >= 4 is 29.0 Å². The highest BCUT2D eigenvalue weighted by Gasteiger charge is 2.34. The summed E-state index contributed by atoms with van der Waals surface area (Å²) in [5.74, 6) is -0.858. The van der Waals surface area contributed by atoms with E-state index in [1.54, 1.807) is 0 Å². The van der Waals surface area contributed by atoms with Gasteiger partial charge >= 0.3 is 18.4 Å². The van der Waals surface area contributed by atoms with Crippen LogP contribution in [0.25, 0.3) is 0 Å². The zero-order valence-corrected chi connectivity index (χ0v) is 17.4. The van der Waals surface area contributed by atoms with Gasteiger partial charge in [0.15, 0.2) is 0 Å². The minimum absolute atomic E-state index is 0.0137. The SMILES string of the molecule is N#Cc1ccc(C(=O)Nc2ccc(NC(=O)Nc3cccc(C(F)(F)F)c3)cc2C(F)(F)F)cc1. The van der Waals surface area contributed by atoms with Crippen LogP contribution in [0.4, 0.5) is 48.2 Å². The first kappa shape index (κ1) is 25.1. The molecule has 0 bridgehead atoms. The third kappa shape index (κ3) is 6.50. The van der Waals surface area contributed by atoms with Crippen molar-refractivity contribution in [3.8, 4) is 6.07 Å². The Hall–Kier alpha value is -4.53. The van der Waals surface area contributed by atoms with Crippen molar-refractivity contribution in [2.24, 2.45) is 0 Å². The van der Waals surface area contributed by atoms with Crippen LogP contribution in [0.5, 0.6) is 0 Å². The van der Waals surface area contributed by atoms with Gasteiger partial charge in [0.05, 0.1) is 28.4 Å². The van der Waals surface area contributed by atoms with Gasteiger partial charge in [-0.15, -0.1) is 0 Å². The Labute approximate surface area is 194 Å². The summed E-state index contributed by atoms with van der Waals surface area (Å²) < 4.78 is 79.2. The van der Waals surface area contributed by atoms with Crippen molar-refractivity contribution in [1.29, 1.82) is 5.26 Å². The second-order valence-corrected chi connectivity index (χ2v) is 7.06. The smallest absolute Gasteiger partial charge is 0.321 e. The molecule has 0 atom stereocenters. The van der Waals surface area contributed by atoms with Crippen LogP contribution in [-0.4, -0.2) is 11.9 Å². The summed E-state index contributed by atoms with van der Waals surface area (Å²) in [6, 6.07) is 12.2. The van der Waals surface area contributed by atoms with E-state index in [9.17, 15) is 35.9 Å². The minimum Gasteiger partial charge on any atom is -0.321 e. The Morgan fingerprint density at radius 3 is 1.94 bits per heavy atom. The van der Waals surface area contributed by atoms with Crippen LogP contribution in [0.15, 0.2) is 66.7 Å². The Bertz CT molecular complexity index is 1300. The molecule has 0 fully saturated rings. The molecule has 0 unspecified atom stereocenters. The number of hydrogen-bond donors (Lipinski definition) is 3. The molecule has 0 saturated heterocycles. The molecule has 3 rings (SSSR count). The number of hydrogen-bond acceptors (Lipinski definition) is 3. The zero-order valence-electron chi connectivity index (χ0n) is 17.4. The van der Waals surface area contributed by atoms with Crippen LogP contribution in [-0.2, 0) is 12.4 Å². The molecule has 0 aliphatic carbocycles. The van der Waals surface area contributed by atoms with E-state index in [1.807, 2.05) is 6.07 Å². The fourth-order valence-electron chi connectivity index (χ4n) is 2.92. The number of carbonyl (C=O) groups excluding carboxylic acids is 2. The minimum atomic E-state index is -4.91. The summed E-state index contributed by atoms with van der Waals surface area (Å²) in [5.41, 5.74) is -3.14. The summed E-state index contributed by atoms with van der Waals surface area (Å²) in [4.78, 5) is 24.5. The van der Waals surface area contributed by atoms with E-state index in [0.29, 0.717) is 12.1 Å². The molecule has 0 radical (unpaired) electrons. The topological polar surface area (TPSA) is 94.0 Å². The van der Waals surface area contributed by atoms with Crippen molar-refractivity contribution in [3.05, 3.63) is 89.0 Å². The normalized spacial score (nSPS) is 11.3. The predicted molar refractivity (Wildman–Crippen MR) is 115 cm³/mol. The highest BCUT2D eigenvalue weighted by molar-refractivity contribution is 6.05. The predicted octanol–water partition coefficient (Wildman–Crippen LogP) is 6.49. The van der Waals surface area contributed by atoms with E-state index < -0.39 is 41.1 Å². The molecular weight excluding hydrogens is 478 g/mol. The van der Waals surface area contributed by atoms with E-state index in [2.05, 4.69) is 16.0 Å². The van der Waals surface area contributed by atoms with E-state index >= 15 is 0 Å². The van der Waals surface area contributed by atoms with Gasteiger partial charge in [-0.2, -0.15) is 31.6 Å². The summed E-state index contributed by atoms with van der Waals surface area (Å²) in [6.07, 6.45) is -9.56. The van der Waals surface area contributed by atoms with Crippen molar-refractivity contribution < 1.29 is 35.9 Å². The first-order chi connectivity index (χ1) is 16.4. The molecule has 3 N–H and O–H groups in total. The molecule has 0 aliphatic rings. The summed E-state index contributed by atoms with van der Waals surface area (Å²) in [5, 5.41) is 15.1.